The zero-order valence-corrected chi connectivity index (χ0v) is 24.9. The molecule has 3 heterocycles. The molecule has 0 aromatic heterocycles. The molecule has 0 aliphatic carbocycles. The van der Waals surface area contributed by atoms with Gasteiger partial charge in [-0.2, -0.15) is 0 Å². The van der Waals surface area contributed by atoms with E-state index >= 15 is 0 Å². The molecule has 41 heavy (non-hydrogen) atoms. The minimum Gasteiger partial charge on any atom is -0.496 e. The van der Waals surface area contributed by atoms with E-state index in [-0.39, 0.29) is 24.4 Å². The Bertz CT molecular complexity index is 1340. The molecule has 218 valence electrons. The SMILES string of the molecule is COc1ccccc1C(=O)N1CCN(CCCCCCN2C(=S)N(c3ccc4c(c3)COC4=O)C(=O)C2(C)C)CC1. The van der Waals surface area contributed by atoms with Crippen LogP contribution in [0.1, 0.15) is 65.8 Å². The monoisotopic (exact) mass is 578 g/mol. The average Bonchev–Trinajstić information content (AvgIpc) is 3.43. The molecule has 0 saturated carbocycles. The quantitative estimate of drug-likeness (QED) is 0.237. The standard InChI is InChI=1S/C31H38N4O5S/c1-31(2)29(38)35(23-12-13-24-22(20-23)21-40-28(24)37)30(41)34(31)15-9-5-4-8-14-32-16-18-33(19-17-32)27(36)25-10-6-7-11-26(25)39-3/h6-7,10-13,20H,4-5,8-9,14-19,21H2,1-3H3. The van der Waals surface area contributed by atoms with Crippen LogP contribution in [0.15, 0.2) is 42.5 Å². The number of unbranched alkanes of at least 4 members (excludes halogenated alkanes) is 3. The maximum Gasteiger partial charge on any atom is 0.338 e. The van der Waals surface area contributed by atoms with Crippen molar-refractivity contribution in [1.29, 1.82) is 0 Å². The number of amides is 2. The number of methoxy groups -OCH3 is 1. The fourth-order valence-corrected chi connectivity index (χ4v) is 6.33. The minimum absolute atomic E-state index is 0.0298. The first-order valence-corrected chi connectivity index (χ1v) is 14.7. The number of nitrogens with zero attached hydrogens (tertiary/aromatic N) is 4. The molecule has 0 spiro atoms. The molecule has 9 nitrogen and oxygen atoms in total. The summed E-state index contributed by atoms with van der Waals surface area (Å²) in [6, 6.07) is 12.7. The largest absolute Gasteiger partial charge is 0.496 e. The van der Waals surface area contributed by atoms with E-state index in [0.717, 1.165) is 64.0 Å². The molecule has 2 amide bonds. The molecular weight excluding hydrogens is 540 g/mol. The van der Waals surface area contributed by atoms with Crippen molar-refractivity contribution < 1.29 is 23.9 Å². The summed E-state index contributed by atoms with van der Waals surface area (Å²) in [4.78, 5) is 46.1. The van der Waals surface area contributed by atoms with Crippen LogP contribution in [0, 0.1) is 0 Å². The Morgan fingerprint density at radius 2 is 1.68 bits per heavy atom. The van der Waals surface area contributed by atoms with Gasteiger partial charge in [-0.1, -0.05) is 25.0 Å². The van der Waals surface area contributed by atoms with Crippen molar-refractivity contribution in [2.75, 3.05) is 51.3 Å². The van der Waals surface area contributed by atoms with Crippen molar-refractivity contribution in [1.82, 2.24) is 14.7 Å². The van der Waals surface area contributed by atoms with E-state index in [2.05, 4.69) is 4.90 Å². The van der Waals surface area contributed by atoms with Gasteiger partial charge in [-0.15, -0.1) is 0 Å². The third-order valence-corrected chi connectivity index (χ3v) is 8.76. The Labute approximate surface area is 247 Å². The average molecular weight is 579 g/mol. The molecule has 2 fully saturated rings. The number of rotatable bonds is 10. The highest BCUT2D eigenvalue weighted by Gasteiger charge is 2.49. The van der Waals surface area contributed by atoms with E-state index < -0.39 is 5.54 Å². The van der Waals surface area contributed by atoms with Crippen LogP contribution in [-0.2, 0) is 16.1 Å². The lowest BCUT2D eigenvalue weighted by molar-refractivity contribution is -0.123. The molecule has 10 heteroatoms. The molecular formula is C31H38N4O5S. The number of piperazine rings is 1. The Morgan fingerprint density at radius 1 is 0.976 bits per heavy atom. The van der Waals surface area contributed by atoms with Crippen LogP contribution in [0.5, 0.6) is 5.75 Å². The first-order valence-electron chi connectivity index (χ1n) is 14.3. The van der Waals surface area contributed by atoms with Gasteiger partial charge in [0.15, 0.2) is 5.11 Å². The van der Waals surface area contributed by atoms with E-state index in [0.29, 0.717) is 34.2 Å². The van der Waals surface area contributed by atoms with Crippen molar-refractivity contribution in [3.63, 3.8) is 0 Å². The molecule has 2 aromatic carbocycles. The Kier molecular flexibility index (Phi) is 8.60. The van der Waals surface area contributed by atoms with Crippen molar-refractivity contribution in [3.05, 3.63) is 59.2 Å². The number of carbonyl (C=O) groups is 3. The smallest absolute Gasteiger partial charge is 0.338 e. The van der Waals surface area contributed by atoms with Gasteiger partial charge in [0.25, 0.3) is 11.8 Å². The summed E-state index contributed by atoms with van der Waals surface area (Å²) in [5.74, 6) is 0.259. The van der Waals surface area contributed by atoms with Crippen molar-refractivity contribution in [3.8, 4) is 5.75 Å². The second kappa shape index (κ2) is 12.2. The summed E-state index contributed by atoms with van der Waals surface area (Å²) in [6.45, 7) is 8.97. The number of carbonyl (C=O) groups excluding carboxylic acids is 3. The number of esters is 1. The van der Waals surface area contributed by atoms with E-state index in [1.165, 1.54) is 0 Å². The van der Waals surface area contributed by atoms with Gasteiger partial charge in [-0.3, -0.25) is 19.4 Å². The molecule has 0 radical (unpaired) electrons. The molecule has 0 atom stereocenters. The minimum atomic E-state index is -0.733. The zero-order chi connectivity index (χ0) is 29.1. The summed E-state index contributed by atoms with van der Waals surface area (Å²) in [7, 11) is 1.59. The molecule has 3 aliphatic heterocycles. The van der Waals surface area contributed by atoms with Crippen LogP contribution in [0.2, 0.25) is 0 Å². The van der Waals surface area contributed by atoms with Crippen LogP contribution >= 0.6 is 12.2 Å². The predicted octanol–water partition coefficient (Wildman–Crippen LogP) is 4.10. The van der Waals surface area contributed by atoms with E-state index in [1.807, 2.05) is 54.0 Å². The molecule has 3 aliphatic rings. The van der Waals surface area contributed by atoms with E-state index in [9.17, 15) is 14.4 Å². The maximum absolute atomic E-state index is 13.4. The number of benzene rings is 2. The number of hydrogen-bond donors (Lipinski definition) is 0. The van der Waals surface area contributed by atoms with E-state index in [4.69, 9.17) is 21.7 Å². The summed E-state index contributed by atoms with van der Waals surface area (Å²) in [5, 5.41) is 0.505. The van der Waals surface area contributed by atoms with Gasteiger partial charge in [0, 0.05) is 38.3 Å². The molecule has 0 unspecified atom stereocenters. The maximum atomic E-state index is 13.4. The zero-order valence-electron chi connectivity index (χ0n) is 24.1. The van der Waals surface area contributed by atoms with Gasteiger partial charge in [-0.25, -0.2) is 4.79 Å². The molecule has 2 saturated heterocycles. The summed E-state index contributed by atoms with van der Waals surface area (Å²) in [5.41, 5.74) is 1.89. The number of thiocarbonyl (C=S) groups is 1. The number of ether oxygens (including phenoxy) is 2. The van der Waals surface area contributed by atoms with Crippen LogP contribution in [0.3, 0.4) is 0 Å². The molecule has 0 bridgehead atoms. The number of fused-ring (bicyclic) bond motifs is 1. The fraction of sp³-hybridized carbons (Fsp3) is 0.484. The number of para-hydroxylation sites is 1. The molecule has 2 aromatic rings. The first kappa shape index (κ1) is 29.0. The lowest BCUT2D eigenvalue weighted by atomic mass is 10.0. The lowest BCUT2D eigenvalue weighted by Gasteiger charge is -2.35. The number of cyclic esters (lactones) is 1. The molecule has 0 N–H and O–H groups in total. The summed E-state index contributed by atoms with van der Waals surface area (Å²) < 4.78 is 10.5. The Morgan fingerprint density at radius 3 is 2.41 bits per heavy atom. The highest BCUT2D eigenvalue weighted by Crippen LogP contribution is 2.34. The van der Waals surface area contributed by atoms with Gasteiger partial charge in [0.1, 0.15) is 17.9 Å². The number of anilines is 1. The normalized spacial score (nSPS) is 18.6. The third kappa shape index (κ3) is 5.81. The van der Waals surface area contributed by atoms with Crippen LogP contribution < -0.4 is 9.64 Å². The Hall–Kier alpha value is -3.50. The van der Waals surface area contributed by atoms with Crippen molar-refractivity contribution >= 4 is 40.8 Å². The fourth-order valence-electron chi connectivity index (χ4n) is 5.82. The van der Waals surface area contributed by atoms with Crippen LogP contribution in [0.25, 0.3) is 0 Å². The van der Waals surface area contributed by atoms with Crippen molar-refractivity contribution in [2.45, 2.75) is 51.7 Å². The summed E-state index contributed by atoms with van der Waals surface area (Å²) in [6.07, 6.45) is 4.18. The third-order valence-electron chi connectivity index (χ3n) is 8.35. The second-order valence-electron chi connectivity index (χ2n) is 11.3. The highest BCUT2D eigenvalue weighted by atomic mass is 32.1. The van der Waals surface area contributed by atoms with Gasteiger partial charge in [0.2, 0.25) is 0 Å². The van der Waals surface area contributed by atoms with Gasteiger partial charge < -0.3 is 19.3 Å². The van der Waals surface area contributed by atoms with Gasteiger partial charge in [-0.05, 0) is 75.8 Å². The molecule has 5 rings (SSSR count). The number of hydrogen-bond acceptors (Lipinski definition) is 7. The van der Waals surface area contributed by atoms with Crippen LogP contribution in [0.4, 0.5) is 5.69 Å². The van der Waals surface area contributed by atoms with Crippen LogP contribution in [-0.4, -0.2) is 89.5 Å². The Balaban J connectivity index is 1.04. The second-order valence-corrected chi connectivity index (χ2v) is 11.7. The van der Waals surface area contributed by atoms with Gasteiger partial charge in [0.05, 0.1) is 23.9 Å². The highest BCUT2D eigenvalue weighted by molar-refractivity contribution is 7.80. The van der Waals surface area contributed by atoms with E-state index in [1.54, 1.807) is 24.1 Å². The van der Waals surface area contributed by atoms with Gasteiger partial charge >= 0.3 is 5.97 Å². The lowest BCUT2D eigenvalue weighted by Crippen LogP contribution is -2.48. The van der Waals surface area contributed by atoms with Crippen molar-refractivity contribution in [2.24, 2.45) is 0 Å². The summed E-state index contributed by atoms with van der Waals surface area (Å²) >= 11 is 5.77. The first-order chi connectivity index (χ1) is 19.7. The predicted molar refractivity (Wildman–Crippen MR) is 160 cm³/mol. The topological polar surface area (TPSA) is 82.6 Å².